The van der Waals surface area contributed by atoms with Crippen LogP contribution in [-0.2, 0) is 6.54 Å². The summed E-state index contributed by atoms with van der Waals surface area (Å²) in [4.78, 5) is 0. The zero-order valence-corrected chi connectivity index (χ0v) is 8.60. The lowest BCUT2D eigenvalue weighted by Crippen LogP contribution is -2.16. The minimum absolute atomic E-state index is 0.828. The summed E-state index contributed by atoms with van der Waals surface area (Å²) in [6.07, 6.45) is 5.01. The Morgan fingerprint density at radius 2 is 2.58 bits per heavy atom. The largest absolute Gasteiger partial charge is 0.265 e. The van der Waals surface area contributed by atoms with Crippen LogP contribution in [0, 0.1) is 0 Å². The highest BCUT2D eigenvalue weighted by Crippen LogP contribution is 2.28. The molecule has 0 fully saturated rings. The summed E-state index contributed by atoms with van der Waals surface area (Å²) in [5, 5.41) is 5.13. The van der Waals surface area contributed by atoms with Crippen LogP contribution in [0.5, 0.6) is 0 Å². The summed E-state index contributed by atoms with van der Waals surface area (Å²) in [5.41, 5.74) is 2.44. The fourth-order valence-electron chi connectivity index (χ4n) is 1.33. The van der Waals surface area contributed by atoms with E-state index in [0.717, 1.165) is 31.9 Å². The number of allylic oxidation sites excluding steroid dienone is 1. The standard InChI is InChI=1S/C8H10ClN2P/c1-2-11-8-6(5-10-11)7(9)3-4-12-8/h3,5,12H,2,4H2,1H3. The number of hydrogen-bond acceptors (Lipinski definition) is 1. The van der Waals surface area contributed by atoms with Crippen molar-refractivity contribution in [3.8, 4) is 0 Å². The SMILES string of the molecule is CCn1ncc2c1PCC=C2Cl. The third-order valence-electron chi connectivity index (χ3n) is 1.95. The lowest BCUT2D eigenvalue weighted by molar-refractivity contribution is 0.678. The van der Waals surface area contributed by atoms with Gasteiger partial charge in [0.15, 0.2) is 0 Å². The molecule has 0 amide bonds. The first-order valence-corrected chi connectivity index (χ1v) is 5.57. The molecule has 1 aliphatic heterocycles. The normalized spacial score (nSPS) is 17.7. The van der Waals surface area contributed by atoms with Crippen molar-refractivity contribution < 1.29 is 0 Å². The fraction of sp³-hybridized carbons (Fsp3) is 0.375. The van der Waals surface area contributed by atoms with Crippen LogP contribution < -0.4 is 5.44 Å². The molecule has 2 rings (SSSR count). The highest BCUT2D eigenvalue weighted by atomic mass is 35.5. The van der Waals surface area contributed by atoms with E-state index >= 15 is 0 Å². The van der Waals surface area contributed by atoms with Crippen LogP contribution in [0.4, 0.5) is 0 Å². The van der Waals surface area contributed by atoms with Gasteiger partial charge in [0.2, 0.25) is 0 Å². The first kappa shape index (κ1) is 8.28. The van der Waals surface area contributed by atoms with Gasteiger partial charge in [-0.3, -0.25) is 4.68 Å². The number of aromatic nitrogens is 2. The summed E-state index contributed by atoms with van der Waals surface area (Å²) >= 11 is 6.03. The molecule has 0 bridgehead atoms. The average molecular weight is 201 g/mol. The van der Waals surface area contributed by atoms with Crippen molar-refractivity contribution in [2.75, 3.05) is 6.16 Å². The lowest BCUT2D eigenvalue weighted by Gasteiger charge is -2.10. The van der Waals surface area contributed by atoms with E-state index in [1.54, 1.807) is 0 Å². The zero-order valence-electron chi connectivity index (χ0n) is 6.84. The molecule has 0 aromatic carbocycles. The molecule has 1 aromatic rings. The number of rotatable bonds is 1. The summed E-state index contributed by atoms with van der Waals surface area (Å²) in [6.45, 7) is 3.04. The van der Waals surface area contributed by atoms with Gasteiger partial charge >= 0.3 is 0 Å². The van der Waals surface area contributed by atoms with Gasteiger partial charge in [-0.05, 0) is 13.1 Å². The zero-order chi connectivity index (χ0) is 8.55. The lowest BCUT2D eigenvalue weighted by atomic mass is 10.3. The van der Waals surface area contributed by atoms with E-state index in [-0.39, 0.29) is 0 Å². The van der Waals surface area contributed by atoms with Gasteiger partial charge < -0.3 is 0 Å². The maximum Gasteiger partial charge on any atom is 0.0670 e. The van der Waals surface area contributed by atoms with Gasteiger partial charge in [-0.1, -0.05) is 26.3 Å². The van der Waals surface area contributed by atoms with E-state index in [9.17, 15) is 0 Å². The number of hydrogen-bond donors (Lipinski definition) is 0. The van der Waals surface area contributed by atoms with Crippen molar-refractivity contribution >= 4 is 30.6 Å². The third-order valence-corrected chi connectivity index (χ3v) is 3.58. The maximum atomic E-state index is 6.03. The average Bonchev–Trinajstić information content (AvgIpc) is 2.49. The number of halogens is 1. The summed E-state index contributed by atoms with van der Waals surface area (Å²) in [6, 6.07) is 0. The quantitative estimate of drug-likeness (QED) is 0.633. The molecule has 4 heteroatoms. The molecule has 0 aliphatic carbocycles. The van der Waals surface area contributed by atoms with Crippen molar-refractivity contribution in [1.82, 2.24) is 9.78 Å². The van der Waals surface area contributed by atoms with E-state index < -0.39 is 0 Å². The Morgan fingerprint density at radius 3 is 3.33 bits per heavy atom. The minimum atomic E-state index is 0.828. The molecule has 0 spiro atoms. The molecule has 1 aromatic heterocycles. The van der Waals surface area contributed by atoms with Crippen molar-refractivity contribution in [3.05, 3.63) is 17.8 Å². The van der Waals surface area contributed by atoms with Crippen LogP contribution in [0.3, 0.4) is 0 Å². The van der Waals surface area contributed by atoms with Gasteiger partial charge in [-0.2, -0.15) is 5.10 Å². The van der Waals surface area contributed by atoms with Crippen molar-refractivity contribution in [3.63, 3.8) is 0 Å². The Bertz CT molecular complexity index is 330. The predicted octanol–water partition coefficient (Wildman–Crippen LogP) is 1.80. The van der Waals surface area contributed by atoms with Crippen molar-refractivity contribution in [2.45, 2.75) is 13.5 Å². The second-order valence-corrected chi connectivity index (χ2v) is 4.30. The molecule has 64 valence electrons. The van der Waals surface area contributed by atoms with Gasteiger partial charge in [0, 0.05) is 17.1 Å². The molecular formula is C8H10ClN2P. The van der Waals surface area contributed by atoms with Crippen LogP contribution in [0.25, 0.3) is 5.03 Å². The maximum absolute atomic E-state index is 6.03. The van der Waals surface area contributed by atoms with Crippen LogP contribution in [0.1, 0.15) is 12.5 Å². The summed E-state index contributed by atoms with van der Waals surface area (Å²) < 4.78 is 2.03. The van der Waals surface area contributed by atoms with E-state index in [1.165, 1.54) is 5.44 Å². The molecule has 12 heavy (non-hydrogen) atoms. The van der Waals surface area contributed by atoms with Gasteiger partial charge in [0.05, 0.1) is 11.6 Å². The van der Waals surface area contributed by atoms with E-state index in [1.807, 2.05) is 10.9 Å². The number of nitrogens with zero attached hydrogens (tertiary/aromatic N) is 2. The van der Waals surface area contributed by atoms with Gasteiger partial charge in [0.1, 0.15) is 0 Å². The third kappa shape index (κ3) is 1.19. The molecular weight excluding hydrogens is 191 g/mol. The van der Waals surface area contributed by atoms with Gasteiger partial charge in [-0.25, -0.2) is 0 Å². The first-order chi connectivity index (χ1) is 5.83. The molecule has 0 saturated carbocycles. The first-order valence-electron chi connectivity index (χ1n) is 3.98. The molecule has 0 radical (unpaired) electrons. The topological polar surface area (TPSA) is 17.8 Å². The Labute approximate surface area is 78.4 Å². The Morgan fingerprint density at radius 1 is 1.75 bits per heavy atom. The number of aryl methyl sites for hydroxylation is 1. The van der Waals surface area contributed by atoms with E-state index in [0.29, 0.717) is 0 Å². The molecule has 1 atom stereocenters. The molecule has 0 N–H and O–H groups in total. The molecule has 1 unspecified atom stereocenters. The van der Waals surface area contributed by atoms with Crippen LogP contribution in [0.15, 0.2) is 12.3 Å². The Hall–Kier alpha value is -0.330. The molecule has 1 aliphatic rings. The molecule has 0 saturated heterocycles. The van der Waals surface area contributed by atoms with Crippen molar-refractivity contribution in [1.29, 1.82) is 0 Å². The summed E-state index contributed by atoms with van der Waals surface area (Å²) in [5.74, 6) is 0. The second kappa shape index (κ2) is 3.20. The second-order valence-electron chi connectivity index (χ2n) is 2.66. The Kier molecular flexibility index (Phi) is 2.20. The van der Waals surface area contributed by atoms with Gasteiger partial charge in [0.25, 0.3) is 0 Å². The van der Waals surface area contributed by atoms with Crippen LogP contribution in [0.2, 0.25) is 0 Å². The summed E-state index contributed by atoms with van der Waals surface area (Å²) in [7, 11) is 0.828. The Balaban J connectivity index is 2.50. The monoisotopic (exact) mass is 200 g/mol. The van der Waals surface area contributed by atoms with E-state index in [4.69, 9.17) is 11.6 Å². The fourth-order valence-corrected chi connectivity index (χ4v) is 3.05. The molecule has 2 nitrogen and oxygen atoms in total. The van der Waals surface area contributed by atoms with E-state index in [2.05, 4.69) is 18.1 Å². The smallest absolute Gasteiger partial charge is 0.0670 e. The van der Waals surface area contributed by atoms with Crippen LogP contribution >= 0.6 is 20.2 Å². The predicted molar refractivity (Wildman–Crippen MR) is 54.5 cm³/mol. The van der Waals surface area contributed by atoms with Crippen LogP contribution in [-0.4, -0.2) is 15.9 Å². The highest BCUT2D eigenvalue weighted by Gasteiger charge is 2.15. The molecule has 2 heterocycles. The highest BCUT2D eigenvalue weighted by molar-refractivity contribution is 7.47. The van der Waals surface area contributed by atoms with Crippen molar-refractivity contribution in [2.24, 2.45) is 0 Å². The number of fused-ring (bicyclic) bond motifs is 1. The minimum Gasteiger partial charge on any atom is -0.265 e. The van der Waals surface area contributed by atoms with Gasteiger partial charge in [-0.15, -0.1) is 0 Å².